The maximum Gasteiger partial charge on any atom is 0.250 e. The third kappa shape index (κ3) is 3.85. The van der Waals surface area contributed by atoms with Crippen LogP contribution < -0.4 is 19.9 Å². The average molecular weight is 351 g/mol. The molecule has 26 heavy (non-hydrogen) atoms. The Morgan fingerprint density at radius 1 is 0.846 bits per heavy atom. The van der Waals surface area contributed by atoms with Crippen LogP contribution in [-0.4, -0.2) is 17.1 Å². The summed E-state index contributed by atoms with van der Waals surface area (Å²) in [6.07, 6.45) is 1.35. The van der Waals surface area contributed by atoms with Gasteiger partial charge in [0.25, 0.3) is 0 Å². The average Bonchev–Trinajstić information content (AvgIpc) is 2.66. The summed E-state index contributed by atoms with van der Waals surface area (Å²) in [6.45, 7) is 4.28. The fraction of sp³-hybridized carbons (Fsp3) is 0.200. The van der Waals surface area contributed by atoms with E-state index in [0.29, 0.717) is 23.2 Å². The number of nitrogens with two attached hydrogens (primary N) is 1. The van der Waals surface area contributed by atoms with E-state index in [1.165, 1.54) is 11.9 Å². The highest BCUT2D eigenvalue weighted by molar-refractivity contribution is 5.58. The van der Waals surface area contributed by atoms with Crippen molar-refractivity contribution in [3.05, 3.63) is 60.4 Å². The van der Waals surface area contributed by atoms with E-state index in [1.54, 1.807) is 19.2 Å². The van der Waals surface area contributed by atoms with E-state index in [9.17, 15) is 0 Å². The van der Waals surface area contributed by atoms with Crippen LogP contribution in [0.2, 0.25) is 0 Å². The number of para-hydroxylation sites is 2. The summed E-state index contributed by atoms with van der Waals surface area (Å²) in [5, 5.41) is 0. The van der Waals surface area contributed by atoms with Gasteiger partial charge in [0, 0.05) is 0 Å². The van der Waals surface area contributed by atoms with Crippen LogP contribution in [0, 0.1) is 0 Å². The number of hydrogen-bond acceptors (Lipinski definition) is 6. The van der Waals surface area contributed by atoms with Gasteiger partial charge in [-0.1, -0.05) is 38.1 Å². The molecule has 2 aromatic carbocycles. The van der Waals surface area contributed by atoms with Gasteiger partial charge in [0.15, 0.2) is 17.2 Å². The van der Waals surface area contributed by atoms with Gasteiger partial charge >= 0.3 is 0 Å². The van der Waals surface area contributed by atoms with E-state index in [2.05, 4.69) is 23.8 Å². The first-order valence-electron chi connectivity index (χ1n) is 8.27. The zero-order chi connectivity index (χ0) is 18.5. The predicted octanol–water partition coefficient (Wildman–Crippen LogP) is 4.78. The molecule has 3 rings (SSSR count). The Morgan fingerprint density at radius 3 is 2.08 bits per heavy atom. The number of nitrogens with zero attached hydrogens (tertiary/aromatic N) is 2. The molecule has 1 aromatic heterocycles. The minimum Gasteiger partial charge on any atom is -0.493 e. The molecule has 0 atom stereocenters. The molecule has 0 bridgehead atoms. The highest BCUT2D eigenvalue weighted by atomic mass is 16.5. The molecule has 0 aliphatic carbocycles. The largest absolute Gasteiger partial charge is 0.493 e. The Bertz CT molecular complexity index is 880. The predicted molar refractivity (Wildman–Crippen MR) is 100 cm³/mol. The molecule has 0 amide bonds. The topological polar surface area (TPSA) is 79.5 Å². The molecular weight excluding hydrogens is 330 g/mol. The van der Waals surface area contributed by atoms with E-state index < -0.39 is 0 Å². The standard InChI is InChI=1S/C20H21N3O3/c1-13(2)14-8-10-15(11-9-14)25-19-18(21)20(23-12-22-19)26-17-7-5-4-6-16(17)24-3/h4-13H,21H2,1-3H3. The van der Waals surface area contributed by atoms with Gasteiger partial charge in [-0.2, -0.15) is 9.97 Å². The van der Waals surface area contributed by atoms with Crippen LogP contribution in [-0.2, 0) is 0 Å². The van der Waals surface area contributed by atoms with Gasteiger partial charge in [-0.3, -0.25) is 0 Å². The summed E-state index contributed by atoms with van der Waals surface area (Å²) in [6, 6.07) is 15.1. The molecule has 0 radical (unpaired) electrons. The molecule has 3 aromatic rings. The molecule has 0 saturated carbocycles. The van der Waals surface area contributed by atoms with Crippen molar-refractivity contribution in [2.75, 3.05) is 12.8 Å². The maximum atomic E-state index is 6.13. The van der Waals surface area contributed by atoms with Gasteiger partial charge in [-0.05, 0) is 35.7 Å². The van der Waals surface area contributed by atoms with Crippen LogP contribution in [0.4, 0.5) is 5.69 Å². The Balaban J connectivity index is 1.83. The van der Waals surface area contributed by atoms with Crippen molar-refractivity contribution in [3.63, 3.8) is 0 Å². The van der Waals surface area contributed by atoms with E-state index >= 15 is 0 Å². The molecule has 0 spiro atoms. The van der Waals surface area contributed by atoms with Crippen LogP contribution in [0.15, 0.2) is 54.9 Å². The zero-order valence-corrected chi connectivity index (χ0v) is 15.0. The minimum atomic E-state index is 0.207. The van der Waals surface area contributed by atoms with Crippen molar-refractivity contribution in [2.24, 2.45) is 0 Å². The third-order valence-electron chi connectivity index (χ3n) is 3.85. The van der Waals surface area contributed by atoms with E-state index in [4.69, 9.17) is 19.9 Å². The number of ether oxygens (including phenoxy) is 3. The van der Waals surface area contributed by atoms with E-state index in [-0.39, 0.29) is 17.4 Å². The molecule has 0 fully saturated rings. The number of rotatable bonds is 6. The highest BCUT2D eigenvalue weighted by Crippen LogP contribution is 2.36. The fourth-order valence-corrected chi connectivity index (χ4v) is 2.37. The second kappa shape index (κ2) is 7.74. The lowest BCUT2D eigenvalue weighted by Gasteiger charge is -2.13. The van der Waals surface area contributed by atoms with Crippen molar-refractivity contribution in [2.45, 2.75) is 19.8 Å². The van der Waals surface area contributed by atoms with Gasteiger partial charge in [-0.25, -0.2) is 0 Å². The van der Waals surface area contributed by atoms with Gasteiger partial charge in [0.2, 0.25) is 11.8 Å². The van der Waals surface area contributed by atoms with Crippen LogP contribution in [0.5, 0.6) is 29.0 Å². The third-order valence-corrected chi connectivity index (χ3v) is 3.85. The Morgan fingerprint density at radius 2 is 1.46 bits per heavy atom. The van der Waals surface area contributed by atoms with Crippen molar-refractivity contribution >= 4 is 5.69 Å². The molecule has 0 saturated heterocycles. The smallest absolute Gasteiger partial charge is 0.250 e. The molecule has 6 nitrogen and oxygen atoms in total. The number of anilines is 1. The first-order chi connectivity index (χ1) is 12.6. The summed E-state index contributed by atoms with van der Waals surface area (Å²) in [7, 11) is 1.57. The zero-order valence-electron chi connectivity index (χ0n) is 15.0. The monoisotopic (exact) mass is 351 g/mol. The SMILES string of the molecule is COc1ccccc1Oc1ncnc(Oc2ccc(C(C)C)cc2)c1N. The lowest BCUT2D eigenvalue weighted by Crippen LogP contribution is -2.01. The van der Waals surface area contributed by atoms with Crippen LogP contribution in [0.3, 0.4) is 0 Å². The summed E-state index contributed by atoms with van der Waals surface area (Å²) in [4.78, 5) is 8.20. The second-order valence-electron chi connectivity index (χ2n) is 5.98. The normalized spacial score (nSPS) is 10.6. The summed E-state index contributed by atoms with van der Waals surface area (Å²) < 4.78 is 16.8. The lowest BCUT2D eigenvalue weighted by molar-refractivity contribution is 0.373. The van der Waals surface area contributed by atoms with Gasteiger partial charge in [0.1, 0.15) is 12.1 Å². The Labute approximate surface area is 152 Å². The molecule has 134 valence electrons. The number of methoxy groups -OCH3 is 1. The Hall–Kier alpha value is -3.28. The summed E-state index contributed by atoms with van der Waals surface area (Å²) >= 11 is 0. The van der Waals surface area contributed by atoms with Crippen molar-refractivity contribution in [3.8, 4) is 29.0 Å². The second-order valence-corrected chi connectivity index (χ2v) is 5.98. The summed E-state index contributed by atoms with van der Waals surface area (Å²) in [5.41, 5.74) is 7.58. The molecule has 0 unspecified atom stereocenters. The molecule has 0 aliphatic rings. The van der Waals surface area contributed by atoms with Gasteiger partial charge in [0.05, 0.1) is 7.11 Å². The molecule has 0 aliphatic heterocycles. The number of aromatic nitrogens is 2. The van der Waals surface area contributed by atoms with E-state index in [1.807, 2.05) is 36.4 Å². The molecular formula is C20H21N3O3. The first-order valence-corrected chi connectivity index (χ1v) is 8.27. The molecule has 6 heteroatoms. The molecule has 2 N–H and O–H groups in total. The first kappa shape index (κ1) is 17.5. The quantitative estimate of drug-likeness (QED) is 0.689. The van der Waals surface area contributed by atoms with Crippen molar-refractivity contribution < 1.29 is 14.2 Å². The maximum absolute atomic E-state index is 6.13. The van der Waals surface area contributed by atoms with Crippen LogP contribution >= 0.6 is 0 Å². The number of hydrogen-bond donors (Lipinski definition) is 1. The highest BCUT2D eigenvalue weighted by Gasteiger charge is 2.14. The minimum absolute atomic E-state index is 0.207. The number of nitrogen functional groups attached to an aromatic ring is 1. The van der Waals surface area contributed by atoms with Crippen LogP contribution in [0.25, 0.3) is 0 Å². The van der Waals surface area contributed by atoms with Crippen molar-refractivity contribution in [1.82, 2.24) is 9.97 Å². The number of benzene rings is 2. The fourth-order valence-electron chi connectivity index (χ4n) is 2.37. The Kier molecular flexibility index (Phi) is 5.22. The van der Waals surface area contributed by atoms with Crippen molar-refractivity contribution in [1.29, 1.82) is 0 Å². The van der Waals surface area contributed by atoms with Gasteiger partial charge in [-0.15, -0.1) is 0 Å². The van der Waals surface area contributed by atoms with E-state index in [0.717, 1.165) is 0 Å². The van der Waals surface area contributed by atoms with Gasteiger partial charge < -0.3 is 19.9 Å². The molecule has 1 heterocycles. The lowest BCUT2D eigenvalue weighted by atomic mass is 10.0. The summed E-state index contributed by atoms with van der Waals surface area (Å²) in [5.74, 6) is 2.63. The van der Waals surface area contributed by atoms with Crippen LogP contribution in [0.1, 0.15) is 25.3 Å².